The van der Waals surface area contributed by atoms with Crippen LogP contribution in [-0.2, 0) is 4.79 Å². The van der Waals surface area contributed by atoms with Crippen molar-refractivity contribution < 1.29 is 14.0 Å². The first kappa shape index (κ1) is 20.8. The number of benzene rings is 2. The fraction of sp³-hybridized carbons (Fsp3) is 0.320. The lowest BCUT2D eigenvalue weighted by Gasteiger charge is -2.30. The summed E-state index contributed by atoms with van der Waals surface area (Å²) in [5.41, 5.74) is 1.69. The first-order valence-electron chi connectivity index (χ1n) is 10.7. The summed E-state index contributed by atoms with van der Waals surface area (Å²) < 4.78 is 6.16. The summed E-state index contributed by atoms with van der Waals surface area (Å²) in [6.45, 7) is 1.73. The second kappa shape index (κ2) is 8.76. The third kappa shape index (κ3) is 3.98. The number of hydrogen-bond donors (Lipinski definition) is 2. The van der Waals surface area contributed by atoms with Crippen LogP contribution in [0.25, 0.3) is 22.3 Å². The van der Waals surface area contributed by atoms with Crippen LogP contribution in [0.2, 0.25) is 0 Å². The maximum atomic E-state index is 13.2. The minimum atomic E-state index is -0.336. The summed E-state index contributed by atoms with van der Waals surface area (Å²) in [7, 11) is 1.61. The topological polar surface area (TPSA) is 88.4 Å². The van der Waals surface area contributed by atoms with Crippen LogP contribution in [0.3, 0.4) is 0 Å². The van der Waals surface area contributed by atoms with Crippen molar-refractivity contribution in [2.75, 3.05) is 7.05 Å². The minimum Gasteiger partial charge on any atom is -0.455 e. The SMILES string of the molecule is CNC(=O)C1CCCCC1NC(=O)c1cccc2c(=O)c(C)c(-c3ccccc3)oc12. The predicted molar refractivity (Wildman–Crippen MR) is 120 cm³/mol. The van der Waals surface area contributed by atoms with Crippen molar-refractivity contribution in [2.45, 2.75) is 38.6 Å². The molecule has 4 rings (SSSR count). The number of carbonyl (C=O) groups is 2. The number of rotatable bonds is 4. The Bertz CT molecular complexity index is 1180. The molecule has 1 aliphatic rings. The molecule has 3 aromatic rings. The van der Waals surface area contributed by atoms with Gasteiger partial charge in [-0.15, -0.1) is 0 Å². The summed E-state index contributed by atoms with van der Waals surface area (Å²) in [6.07, 6.45) is 3.41. The van der Waals surface area contributed by atoms with E-state index in [1.165, 1.54) is 0 Å². The molecule has 2 unspecified atom stereocenters. The van der Waals surface area contributed by atoms with Crippen molar-refractivity contribution in [3.05, 3.63) is 69.9 Å². The van der Waals surface area contributed by atoms with Gasteiger partial charge >= 0.3 is 0 Å². The van der Waals surface area contributed by atoms with E-state index in [0.29, 0.717) is 22.3 Å². The Morgan fingerprint density at radius 3 is 2.48 bits per heavy atom. The van der Waals surface area contributed by atoms with E-state index in [4.69, 9.17) is 4.42 Å². The van der Waals surface area contributed by atoms with E-state index in [-0.39, 0.29) is 34.8 Å². The van der Waals surface area contributed by atoms with E-state index >= 15 is 0 Å². The van der Waals surface area contributed by atoms with Crippen LogP contribution in [0.4, 0.5) is 0 Å². The second-order valence-electron chi connectivity index (χ2n) is 8.02. The van der Waals surface area contributed by atoms with Crippen molar-refractivity contribution in [3.8, 4) is 11.3 Å². The molecule has 1 fully saturated rings. The van der Waals surface area contributed by atoms with Gasteiger partial charge in [0.05, 0.1) is 16.9 Å². The molecule has 6 heteroatoms. The third-order valence-electron chi connectivity index (χ3n) is 6.09. The van der Waals surface area contributed by atoms with Crippen LogP contribution < -0.4 is 16.1 Å². The van der Waals surface area contributed by atoms with Gasteiger partial charge in [-0.05, 0) is 31.9 Å². The molecule has 31 heavy (non-hydrogen) atoms. The second-order valence-corrected chi connectivity index (χ2v) is 8.02. The number of carbonyl (C=O) groups excluding carboxylic acids is 2. The van der Waals surface area contributed by atoms with Gasteiger partial charge in [0, 0.05) is 24.2 Å². The summed E-state index contributed by atoms with van der Waals surface area (Å²) in [5, 5.41) is 6.09. The van der Waals surface area contributed by atoms with Crippen molar-refractivity contribution >= 4 is 22.8 Å². The van der Waals surface area contributed by atoms with Gasteiger partial charge in [-0.3, -0.25) is 14.4 Å². The molecule has 0 bridgehead atoms. The van der Waals surface area contributed by atoms with Gasteiger partial charge < -0.3 is 15.1 Å². The molecule has 0 saturated heterocycles. The zero-order valence-corrected chi connectivity index (χ0v) is 17.7. The zero-order chi connectivity index (χ0) is 22.0. The van der Waals surface area contributed by atoms with Crippen molar-refractivity contribution in [3.63, 3.8) is 0 Å². The van der Waals surface area contributed by atoms with Gasteiger partial charge in [-0.1, -0.05) is 49.2 Å². The van der Waals surface area contributed by atoms with Crippen molar-refractivity contribution in [1.82, 2.24) is 10.6 Å². The number of nitrogens with one attached hydrogen (secondary N) is 2. The highest BCUT2D eigenvalue weighted by Gasteiger charge is 2.32. The number of para-hydroxylation sites is 1. The van der Waals surface area contributed by atoms with E-state index in [1.807, 2.05) is 30.3 Å². The standard InChI is InChI=1S/C25H26N2O4/c1-15-21(28)18-12-8-13-19(23(18)31-22(15)16-9-4-3-5-10-16)25(30)27-20-14-7-6-11-17(20)24(29)26-2/h3-5,8-10,12-13,17,20H,6-7,11,14H2,1-2H3,(H,26,29)(H,27,30). The van der Waals surface area contributed by atoms with Gasteiger partial charge in [0.15, 0.2) is 11.0 Å². The van der Waals surface area contributed by atoms with E-state index < -0.39 is 0 Å². The molecule has 2 atom stereocenters. The molecular weight excluding hydrogens is 392 g/mol. The molecule has 0 aliphatic heterocycles. The monoisotopic (exact) mass is 418 g/mol. The van der Waals surface area contributed by atoms with Crippen LogP contribution in [0.15, 0.2) is 57.7 Å². The van der Waals surface area contributed by atoms with Gasteiger partial charge in [0.25, 0.3) is 5.91 Å². The minimum absolute atomic E-state index is 0.0589. The van der Waals surface area contributed by atoms with Crippen LogP contribution in [0.5, 0.6) is 0 Å². The molecular formula is C25H26N2O4. The highest BCUT2D eigenvalue weighted by molar-refractivity contribution is 6.05. The number of fused-ring (bicyclic) bond motifs is 1. The fourth-order valence-electron chi connectivity index (χ4n) is 4.40. The lowest BCUT2D eigenvalue weighted by Crippen LogP contribution is -2.47. The Morgan fingerprint density at radius 1 is 1.00 bits per heavy atom. The third-order valence-corrected chi connectivity index (χ3v) is 6.09. The highest BCUT2D eigenvalue weighted by atomic mass is 16.3. The maximum absolute atomic E-state index is 13.2. The number of amides is 2. The largest absolute Gasteiger partial charge is 0.455 e. The fourth-order valence-corrected chi connectivity index (χ4v) is 4.40. The average Bonchev–Trinajstić information content (AvgIpc) is 2.81. The quantitative estimate of drug-likeness (QED) is 0.675. The molecule has 1 aromatic heterocycles. The van der Waals surface area contributed by atoms with Crippen LogP contribution in [0.1, 0.15) is 41.6 Å². The molecule has 6 nitrogen and oxygen atoms in total. The summed E-state index contributed by atoms with van der Waals surface area (Å²) in [5.74, 6) is -0.195. The van der Waals surface area contributed by atoms with E-state index in [1.54, 1.807) is 32.2 Å². The molecule has 2 amide bonds. The van der Waals surface area contributed by atoms with E-state index in [2.05, 4.69) is 10.6 Å². The Morgan fingerprint density at radius 2 is 1.74 bits per heavy atom. The van der Waals surface area contributed by atoms with Gasteiger partial charge in [-0.25, -0.2) is 0 Å². The maximum Gasteiger partial charge on any atom is 0.255 e. The first-order valence-corrected chi connectivity index (χ1v) is 10.7. The smallest absolute Gasteiger partial charge is 0.255 e. The van der Waals surface area contributed by atoms with Gasteiger partial charge in [-0.2, -0.15) is 0 Å². The molecule has 2 aromatic carbocycles. The first-order chi connectivity index (χ1) is 15.0. The lowest BCUT2D eigenvalue weighted by atomic mass is 9.83. The van der Waals surface area contributed by atoms with E-state index in [0.717, 1.165) is 31.2 Å². The molecule has 160 valence electrons. The number of hydrogen-bond acceptors (Lipinski definition) is 4. The summed E-state index contributed by atoms with van der Waals surface area (Å²) in [6, 6.07) is 14.2. The Labute approximate surface area is 180 Å². The molecule has 0 spiro atoms. The summed E-state index contributed by atoms with van der Waals surface area (Å²) >= 11 is 0. The highest BCUT2D eigenvalue weighted by Crippen LogP contribution is 2.28. The Balaban J connectivity index is 1.75. The predicted octanol–water partition coefficient (Wildman–Crippen LogP) is 3.80. The average molecular weight is 418 g/mol. The van der Waals surface area contributed by atoms with E-state index in [9.17, 15) is 14.4 Å². The van der Waals surface area contributed by atoms with Crippen molar-refractivity contribution in [1.29, 1.82) is 0 Å². The van der Waals surface area contributed by atoms with Crippen LogP contribution in [-0.4, -0.2) is 24.9 Å². The lowest BCUT2D eigenvalue weighted by molar-refractivity contribution is -0.126. The zero-order valence-electron chi connectivity index (χ0n) is 17.7. The van der Waals surface area contributed by atoms with Gasteiger partial charge in [0.2, 0.25) is 5.91 Å². The molecule has 1 aliphatic carbocycles. The summed E-state index contributed by atoms with van der Waals surface area (Å²) in [4.78, 5) is 38.5. The van der Waals surface area contributed by atoms with Gasteiger partial charge in [0.1, 0.15) is 5.76 Å². The van der Waals surface area contributed by atoms with Crippen molar-refractivity contribution in [2.24, 2.45) is 5.92 Å². The molecule has 2 N–H and O–H groups in total. The van der Waals surface area contributed by atoms with Crippen LogP contribution in [0, 0.1) is 12.8 Å². The van der Waals surface area contributed by atoms with Crippen LogP contribution >= 0.6 is 0 Å². The normalized spacial score (nSPS) is 18.5. The molecule has 1 heterocycles. The Kier molecular flexibility index (Phi) is 5.89. The Hall–Kier alpha value is -3.41. The molecule has 1 saturated carbocycles. The molecule has 0 radical (unpaired) electrons.